The molecule has 1 amide bonds. The van der Waals surface area contributed by atoms with Crippen LogP contribution in [0.1, 0.15) is 23.9 Å². The number of hydrogen-bond acceptors (Lipinski definition) is 4. The monoisotopic (exact) mass is 353 g/mol. The first-order chi connectivity index (χ1) is 12.4. The van der Waals surface area contributed by atoms with Gasteiger partial charge in [-0.2, -0.15) is 5.10 Å². The highest BCUT2D eigenvalue weighted by Crippen LogP contribution is 2.19. The van der Waals surface area contributed by atoms with Crippen molar-refractivity contribution in [3.05, 3.63) is 59.5 Å². The number of para-hydroxylation sites is 1. The molecule has 7 heteroatoms. The van der Waals surface area contributed by atoms with Crippen molar-refractivity contribution in [2.24, 2.45) is 7.05 Å². The van der Waals surface area contributed by atoms with Gasteiger partial charge in [0.2, 0.25) is 5.88 Å². The third kappa shape index (κ3) is 3.93. The molecular weight excluding hydrogens is 330 g/mol. The first-order valence-electron chi connectivity index (χ1n) is 8.49. The quantitative estimate of drug-likeness (QED) is 0.738. The number of ether oxygens (including phenoxy) is 1. The Bertz CT molecular complexity index is 898. The summed E-state index contributed by atoms with van der Waals surface area (Å²) in [4.78, 5) is 12.3. The summed E-state index contributed by atoms with van der Waals surface area (Å²) < 4.78 is 9.27. The van der Waals surface area contributed by atoms with Crippen LogP contribution in [0, 0.1) is 13.8 Å². The number of nitrogens with zero attached hydrogens (tertiary/aromatic N) is 4. The van der Waals surface area contributed by atoms with Crippen LogP contribution in [0.5, 0.6) is 5.88 Å². The number of benzene rings is 1. The van der Waals surface area contributed by atoms with Crippen LogP contribution >= 0.6 is 0 Å². The molecule has 0 aliphatic carbocycles. The van der Waals surface area contributed by atoms with Crippen LogP contribution in [0.3, 0.4) is 0 Å². The SMILES string of the molecule is Cc1cc(CNC(=O)[C@@H](C)Oc2nn(-c3ccccc3)cc2C)n(C)n1. The number of carbonyl (C=O) groups is 1. The highest BCUT2D eigenvalue weighted by Gasteiger charge is 2.18. The average molecular weight is 353 g/mol. The van der Waals surface area contributed by atoms with Crippen LogP contribution < -0.4 is 10.1 Å². The fourth-order valence-corrected chi connectivity index (χ4v) is 2.65. The standard InChI is InChI=1S/C19H23N5O2/c1-13-12-24(16-8-6-5-7-9-16)22-19(13)26-15(3)18(25)20-11-17-10-14(2)21-23(17)4/h5-10,12,15H,11H2,1-4H3,(H,20,25)/t15-/m1/s1. The van der Waals surface area contributed by atoms with Gasteiger partial charge in [-0.15, -0.1) is 5.10 Å². The molecule has 2 heterocycles. The number of carbonyl (C=O) groups excluding carboxylic acids is 1. The van der Waals surface area contributed by atoms with Crippen molar-refractivity contribution in [1.29, 1.82) is 0 Å². The molecule has 3 rings (SSSR count). The maximum Gasteiger partial charge on any atom is 0.261 e. The first-order valence-corrected chi connectivity index (χ1v) is 8.49. The van der Waals surface area contributed by atoms with E-state index in [1.807, 2.05) is 63.5 Å². The van der Waals surface area contributed by atoms with Gasteiger partial charge < -0.3 is 10.1 Å². The third-order valence-corrected chi connectivity index (χ3v) is 4.07. The second kappa shape index (κ2) is 7.43. The summed E-state index contributed by atoms with van der Waals surface area (Å²) in [5, 5.41) is 11.6. The number of aryl methyl sites for hydroxylation is 3. The van der Waals surface area contributed by atoms with Gasteiger partial charge in [0.15, 0.2) is 6.10 Å². The Balaban J connectivity index is 1.62. The van der Waals surface area contributed by atoms with Crippen LogP contribution in [-0.4, -0.2) is 31.6 Å². The second-order valence-electron chi connectivity index (χ2n) is 6.28. The molecule has 0 fully saturated rings. The fraction of sp³-hybridized carbons (Fsp3) is 0.316. The van der Waals surface area contributed by atoms with Crippen molar-refractivity contribution in [3.63, 3.8) is 0 Å². The van der Waals surface area contributed by atoms with Crippen LogP contribution in [0.15, 0.2) is 42.6 Å². The Labute approximate surface area is 152 Å². The molecule has 1 aromatic carbocycles. The van der Waals surface area contributed by atoms with Crippen LogP contribution in [-0.2, 0) is 18.4 Å². The lowest BCUT2D eigenvalue weighted by Crippen LogP contribution is -2.36. The summed E-state index contributed by atoms with van der Waals surface area (Å²) in [7, 11) is 1.86. The molecule has 3 aromatic rings. The number of nitrogens with one attached hydrogen (secondary N) is 1. The van der Waals surface area contributed by atoms with Gasteiger partial charge in [-0.05, 0) is 39.0 Å². The molecule has 0 unspecified atom stereocenters. The van der Waals surface area contributed by atoms with Gasteiger partial charge in [-0.3, -0.25) is 9.48 Å². The molecule has 1 N–H and O–H groups in total. The topological polar surface area (TPSA) is 74.0 Å². The van der Waals surface area contributed by atoms with Gasteiger partial charge in [0.25, 0.3) is 5.91 Å². The van der Waals surface area contributed by atoms with Crippen LogP contribution in [0.25, 0.3) is 5.69 Å². The lowest BCUT2D eigenvalue weighted by atomic mass is 10.3. The summed E-state index contributed by atoms with van der Waals surface area (Å²) in [5.41, 5.74) is 3.67. The average Bonchev–Trinajstić information content (AvgIpc) is 3.15. The number of amides is 1. The first kappa shape index (κ1) is 17.7. The zero-order valence-electron chi connectivity index (χ0n) is 15.4. The van der Waals surface area contributed by atoms with Gasteiger partial charge in [0.1, 0.15) is 0 Å². The van der Waals surface area contributed by atoms with Crippen LogP contribution in [0.2, 0.25) is 0 Å². The fourth-order valence-electron chi connectivity index (χ4n) is 2.65. The molecule has 0 radical (unpaired) electrons. The Morgan fingerprint density at radius 1 is 1.23 bits per heavy atom. The van der Waals surface area contributed by atoms with Crippen molar-refractivity contribution < 1.29 is 9.53 Å². The van der Waals surface area contributed by atoms with Gasteiger partial charge in [0.05, 0.1) is 23.6 Å². The van der Waals surface area contributed by atoms with Crippen molar-refractivity contribution in [3.8, 4) is 11.6 Å². The van der Waals surface area contributed by atoms with Gasteiger partial charge in [0, 0.05) is 18.8 Å². The Hall–Kier alpha value is -3.09. The predicted molar refractivity (Wildman–Crippen MR) is 98.2 cm³/mol. The smallest absolute Gasteiger partial charge is 0.261 e. The van der Waals surface area contributed by atoms with E-state index in [4.69, 9.17) is 4.74 Å². The molecule has 26 heavy (non-hydrogen) atoms. The Morgan fingerprint density at radius 2 is 1.96 bits per heavy atom. The molecule has 0 saturated carbocycles. The molecule has 0 saturated heterocycles. The van der Waals surface area contributed by atoms with Gasteiger partial charge >= 0.3 is 0 Å². The minimum Gasteiger partial charge on any atom is -0.463 e. The number of rotatable bonds is 6. The third-order valence-electron chi connectivity index (χ3n) is 4.07. The largest absolute Gasteiger partial charge is 0.463 e. The number of aromatic nitrogens is 4. The molecule has 0 aliphatic rings. The molecule has 0 aliphatic heterocycles. The maximum atomic E-state index is 12.3. The Morgan fingerprint density at radius 3 is 2.62 bits per heavy atom. The molecule has 2 aromatic heterocycles. The van der Waals surface area contributed by atoms with Gasteiger partial charge in [-0.25, -0.2) is 4.68 Å². The molecule has 0 spiro atoms. The minimum absolute atomic E-state index is 0.197. The van der Waals surface area contributed by atoms with Gasteiger partial charge in [-0.1, -0.05) is 18.2 Å². The lowest BCUT2D eigenvalue weighted by Gasteiger charge is -2.13. The number of hydrogen-bond donors (Lipinski definition) is 1. The van der Waals surface area contributed by atoms with E-state index >= 15 is 0 Å². The van der Waals surface area contributed by atoms with Crippen LogP contribution in [0.4, 0.5) is 0 Å². The maximum absolute atomic E-state index is 12.3. The zero-order chi connectivity index (χ0) is 18.7. The minimum atomic E-state index is -0.651. The highest BCUT2D eigenvalue weighted by atomic mass is 16.5. The summed E-state index contributed by atoms with van der Waals surface area (Å²) in [5.74, 6) is 0.255. The van der Waals surface area contributed by atoms with E-state index in [0.717, 1.165) is 22.6 Å². The molecule has 1 atom stereocenters. The van der Waals surface area contributed by atoms with E-state index < -0.39 is 6.10 Å². The summed E-state index contributed by atoms with van der Waals surface area (Å²) in [6.45, 7) is 5.94. The summed E-state index contributed by atoms with van der Waals surface area (Å²) in [6, 6.07) is 11.7. The molecular formula is C19H23N5O2. The zero-order valence-corrected chi connectivity index (χ0v) is 15.4. The van der Waals surface area contributed by atoms with Crippen molar-refractivity contribution in [2.75, 3.05) is 0 Å². The normalized spacial score (nSPS) is 12.0. The molecule has 0 bridgehead atoms. The van der Waals surface area contributed by atoms with E-state index in [0.29, 0.717) is 12.4 Å². The van der Waals surface area contributed by atoms with Crippen molar-refractivity contribution in [1.82, 2.24) is 24.9 Å². The predicted octanol–water partition coefficient (Wildman–Crippen LogP) is 2.31. The summed E-state index contributed by atoms with van der Waals surface area (Å²) >= 11 is 0. The van der Waals surface area contributed by atoms with Crippen molar-refractivity contribution in [2.45, 2.75) is 33.4 Å². The molecule has 136 valence electrons. The van der Waals surface area contributed by atoms with Crippen molar-refractivity contribution >= 4 is 5.91 Å². The highest BCUT2D eigenvalue weighted by molar-refractivity contribution is 5.80. The summed E-state index contributed by atoms with van der Waals surface area (Å²) in [6.07, 6.45) is 1.23. The van der Waals surface area contributed by atoms with E-state index in [2.05, 4.69) is 15.5 Å². The van der Waals surface area contributed by atoms with E-state index in [1.54, 1.807) is 16.3 Å². The van der Waals surface area contributed by atoms with E-state index in [1.165, 1.54) is 0 Å². The Kier molecular flexibility index (Phi) is 5.06. The van der Waals surface area contributed by atoms with E-state index in [-0.39, 0.29) is 5.91 Å². The van der Waals surface area contributed by atoms with E-state index in [9.17, 15) is 4.79 Å². The lowest BCUT2D eigenvalue weighted by molar-refractivity contribution is -0.127. The second-order valence-corrected chi connectivity index (χ2v) is 6.28. The molecule has 7 nitrogen and oxygen atoms in total.